The fourth-order valence-electron chi connectivity index (χ4n) is 2.33. The van der Waals surface area contributed by atoms with E-state index in [1.165, 1.54) is 23.7 Å². The molecule has 0 bridgehead atoms. The van der Waals surface area contributed by atoms with Crippen molar-refractivity contribution in [1.82, 2.24) is 9.47 Å². The minimum absolute atomic E-state index is 0.00846. The molecule has 116 valence electrons. The normalized spacial score (nSPS) is 19.6. The quantitative estimate of drug-likeness (QED) is 0.891. The first-order valence-electron chi connectivity index (χ1n) is 6.08. The molecular weight excluding hydrogens is 293 g/mol. The highest BCUT2D eigenvalue weighted by Gasteiger charge is 2.46. The molecule has 1 fully saturated rings. The van der Waals surface area contributed by atoms with Crippen molar-refractivity contribution >= 4 is 11.9 Å². The van der Waals surface area contributed by atoms with Gasteiger partial charge in [0, 0.05) is 19.3 Å². The predicted octanol–water partition coefficient (Wildman–Crippen LogP) is 1.19. The summed E-state index contributed by atoms with van der Waals surface area (Å²) in [6, 6.07) is 1.70. The third-order valence-corrected chi connectivity index (χ3v) is 3.35. The smallest absolute Gasteiger partial charge is 0.471 e. The molecule has 2 rings (SSSR count). The van der Waals surface area contributed by atoms with Crippen LogP contribution in [0.5, 0.6) is 0 Å². The number of alkyl halides is 3. The van der Waals surface area contributed by atoms with Gasteiger partial charge in [-0.3, -0.25) is 4.79 Å². The molecule has 0 spiro atoms. The summed E-state index contributed by atoms with van der Waals surface area (Å²) >= 11 is 0. The predicted molar refractivity (Wildman–Crippen MR) is 63.7 cm³/mol. The number of aromatic nitrogens is 1. The number of nitrogens with zero attached hydrogens (tertiary/aromatic N) is 2. The average Bonchev–Trinajstić information content (AvgIpc) is 2.78. The lowest BCUT2D eigenvalue weighted by atomic mass is 10.1. The van der Waals surface area contributed by atoms with E-state index < -0.39 is 24.1 Å². The first-order chi connectivity index (χ1) is 9.73. The number of carboxylic acid groups (broad SMARTS) is 1. The van der Waals surface area contributed by atoms with Crippen LogP contribution in [0.4, 0.5) is 13.2 Å². The average molecular weight is 306 g/mol. The topological polar surface area (TPSA) is 71.8 Å². The lowest BCUT2D eigenvalue weighted by Crippen LogP contribution is -2.49. The third-order valence-electron chi connectivity index (χ3n) is 3.35. The Morgan fingerprint density at radius 1 is 1.38 bits per heavy atom. The molecule has 0 aromatic carbocycles. The maximum Gasteiger partial charge on any atom is 0.471 e. The van der Waals surface area contributed by atoms with Crippen LogP contribution in [-0.4, -0.2) is 52.4 Å². The van der Waals surface area contributed by atoms with Gasteiger partial charge in [0.25, 0.3) is 0 Å². The molecule has 1 N–H and O–H groups in total. The Morgan fingerprint density at radius 2 is 2.05 bits per heavy atom. The van der Waals surface area contributed by atoms with Crippen LogP contribution in [0.25, 0.3) is 0 Å². The number of carbonyl (C=O) groups excluding carboxylic acids is 1. The highest BCUT2D eigenvalue weighted by atomic mass is 19.4. The fourth-order valence-corrected chi connectivity index (χ4v) is 2.33. The molecule has 2 heterocycles. The molecule has 1 atom stereocenters. The zero-order chi connectivity index (χ0) is 15.8. The van der Waals surface area contributed by atoms with Gasteiger partial charge in [-0.25, -0.2) is 4.79 Å². The number of carbonyl (C=O) groups is 2. The SMILES string of the molecule is Cn1c(C(=O)O)ccc1C1COCCN1C(=O)C(F)(F)F. The van der Waals surface area contributed by atoms with E-state index >= 15 is 0 Å². The number of carboxylic acids is 1. The molecule has 1 aliphatic rings. The van der Waals surface area contributed by atoms with Gasteiger partial charge in [0.2, 0.25) is 0 Å². The van der Waals surface area contributed by atoms with Gasteiger partial charge in [-0.05, 0) is 12.1 Å². The lowest BCUT2D eigenvalue weighted by Gasteiger charge is -2.36. The van der Waals surface area contributed by atoms with Gasteiger partial charge in [0.1, 0.15) is 5.69 Å². The maximum atomic E-state index is 12.6. The summed E-state index contributed by atoms with van der Waals surface area (Å²) in [5.74, 6) is -3.15. The first-order valence-corrected chi connectivity index (χ1v) is 6.08. The van der Waals surface area contributed by atoms with Gasteiger partial charge in [0.05, 0.1) is 19.3 Å². The van der Waals surface area contributed by atoms with Gasteiger partial charge in [-0.15, -0.1) is 0 Å². The molecule has 0 radical (unpaired) electrons. The number of ether oxygens (including phenoxy) is 1. The summed E-state index contributed by atoms with van der Waals surface area (Å²) in [5.41, 5.74) is 0.208. The van der Waals surface area contributed by atoms with Crippen molar-refractivity contribution in [3.63, 3.8) is 0 Å². The molecule has 1 unspecified atom stereocenters. The molecule has 1 amide bonds. The Balaban J connectivity index is 2.36. The molecule has 21 heavy (non-hydrogen) atoms. The number of amides is 1. The van der Waals surface area contributed by atoms with Crippen molar-refractivity contribution in [1.29, 1.82) is 0 Å². The number of hydrogen-bond donors (Lipinski definition) is 1. The van der Waals surface area contributed by atoms with E-state index in [0.29, 0.717) is 4.90 Å². The summed E-state index contributed by atoms with van der Waals surface area (Å²) < 4.78 is 44.3. The second-order valence-electron chi connectivity index (χ2n) is 4.59. The Hall–Kier alpha value is -2.03. The van der Waals surface area contributed by atoms with E-state index in [-0.39, 0.29) is 31.1 Å². The number of morpholine rings is 1. The van der Waals surface area contributed by atoms with Crippen molar-refractivity contribution in [2.75, 3.05) is 19.8 Å². The van der Waals surface area contributed by atoms with Crippen molar-refractivity contribution in [2.45, 2.75) is 12.2 Å². The van der Waals surface area contributed by atoms with E-state index in [2.05, 4.69) is 0 Å². The molecule has 1 aliphatic heterocycles. The third kappa shape index (κ3) is 2.87. The van der Waals surface area contributed by atoms with Crippen LogP contribution >= 0.6 is 0 Å². The van der Waals surface area contributed by atoms with Gasteiger partial charge in [-0.2, -0.15) is 13.2 Å². The van der Waals surface area contributed by atoms with E-state index in [4.69, 9.17) is 9.84 Å². The van der Waals surface area contributed by atoms with Gasteiger partial charge in [-0.1, -0.05) is 0 Å². The zero-order valence-electron chi connectivity index (χ0n) is 11.1. The summed E-state index contributed by atoms with van der Waals surface area (Å²) in [7, 11) is 1.42. The molecule has 9 heteroatoms. The number of hydrogen-bond acceptors (Lipinski definition) is 3. The Bertz CT molecular complexity index is 567. The minimum Gasteiger partial charge on any atom is -0.477 e. The standard InChI is InChI=1S/C12H13F3N2O4/c1-16-7(2-3-8(16)10(18)19)9-6-21-5-4-17(9)11(20)12(13,14)15/h2-3,9H,4-6H2,1H3,(H,18,19). The van der Waals surface area contributed by atoms with Gasteiger partial charge in [0.15, 0.2) is 0 Å². The molecule has 1 aromatic rings. The zero-order valence-corrected chi connectivity index (χ0v) is 11.1. The fraction of sp³-hybridized carbons (Fsp3) is 0.500. The van der Waals surface area contributed by atoms with Crippen molar-refractivity contribution in [3.8, 4) is 0 Å². The summed E-state index contributed by atoms with van der Waals surface area (Å²) in [6.45, 7) is -0.302. The van der Waals surface area contributed by atoms with Crippen molar-refractivity contribution < 1.29 is 32.6 Å². The first kappa shape index (κ1) is 15.4. The highest BCUT2D eigenvalue weighted by Crippen LogP contribution is 2.30. The largest absolute Gasteiger partial charge is 0.477 e. The maximum absolute atomic E-state index is 12.6. The second kappa shape index (κ2) is 5.40. The minimum atomic E-state index is -4.98. The highest BCUT2D eigenvalue weighted by molar-refractivity contribution is 5.86. The Kier molecular flexibility index (Phi) is 3.95. The Labute approximate surface area is 117 Å². The second-order valence-corrected chi connectivity index (χ2v) is 4.59. The Morgan fingerprint density at radius 3 is 2.57 bits per heavy atom. The molecule has 6 nitrogen and oxygen atoms in total. The monoisotopic (exact) mass is 306 g/mol. The lowest BCUT2D eigenvalue weighted by molar-refractivity contribution is -0.193. The van der Waals surface area contributed by atoms with Gasteiger partial charge >= 0.3 is 18.1 Å². The molecular formula is C12H13F3N2O4. The van der Waals surface area contributed by atoms with Crippen LogP contribution in [0.1, 0.15) is 22.2 Å². The molecule has 1 saturated heterocycles. The molecule has 1 aromatic heterocycles. The van der Waals surface area contributed by atoms with E-state index in [1.54, 1.807) is 0 Å². The van der Waals surface area contributed by atoms with Crippen LogP contribution < -0.4 is 0 Å². The molecule has 0 saturated carbocycles. The van der Waals surface area contributed by atoms with Crippen LogP contribution in [0.3, 0.4) is 0 Å². The van der Waals surface area contributed by atoms with Crippen molar-refractivity contribution in [3.05, 3.63) is 23.5 Å². The van der Waals surface area contributed by atoms with Crippen molar-refractivity contribution in [2.24, 2.45) is 7.05 Å². The molecule has 0 aliphatic carbocycles. The van der Waals surface area contributed by atoms with Crippen LogP contribution in [0.15, 0.2) is 12.1 Å². The number of halogens is 3. The van der Waals surface area contributed by atoms with E-state index in [9.17, 15) is 22.8 Å². The van der Waals surface area contributed by atoms with E-state index in [1.807, 2.05) is 0 Å². The number of aromatic carboxylic acids is 1. The van der Waals surface area contributed by atoms with Crippen LogP contribution in [0.2, 0.25) is 0 Å². The number of rotatable bonds is 2. The van der Waals surface area contributed by atoms with Gasteiger partial charge < -0.3 is 19.3 Å². The van der Waals surface area contributed by atoms with Crippen LogP contribution in [-0.2, 0) is 16.6 Å². The van der Waals surface area contributed by atoms with E-state index in [0.717, 1.165) is 0 Å². The van der Waals surface area contributed by atoms with Crippen LogP contribution in [0, 0.1) is 0 Å². The summed E-state index contributed by atoms with van der Waals surface area (Å²) in [6.07, 6.45) is -4.98. The summed E-state index contributed by atoms with van der Waals surface area (Å²) in [5, 5.41) is 8.97. The summed E-state index contributed by atoms with van der Waals surface area (Å²) in [4.78, 5) is 23.1.